The van der Waals surface area contributed by atoms with E-state index < -0.39 is 9.84 Å². The molecule has 2 aromatic heterocycles. The average molecular weight is 383 g/mol. The first-order valence-electron chi connectivity index (χ1n) is 8.21. The van der Waals surface area contributed by atoms with Gasteiger partial charge in [0.05, 0.1) is 24.1 Å². The lowest BCUT2D eigenvalue weighted by Crippen LogP contribution is -2.08. The fraction of sp³-hybridized carbons (Fsp3) is 0.158. The highest BCUT2D eigenvalue weighted by atomic mass is 32.2. The molecule has 138 valence electrons. The average Bonchev–Trinajstić information content (AvgIpc) is 3.06. The molecule has 0 saturated carbocycles. The molecule has 0 atom stereocenters. The zero-order valence-corrected chi connectivity index (χ0v) is 15.6. The second-order valence-corrected chi connectivity index (χ2v) is 8.39. The number of sulfone groups is 1. The van der Waals surface area contributed by atoms with Gasteiger partial charge in [0.15, 0.2) is 15.4 Å². The quantitative estimate of drug-likeness (QED) is 0.584. The summed E-state index contributed by atoms with van der Waals surface area (Å²) in [7, 11) is -1.74. The van der Waals surface area contributed by atoms with Crippen molar-refractivity contribution in [2.45, 2.75) is 11.4 Å². The van der Waals surface area contributed by atoms with Crippen LogP contribution in [0.25, 0.3) is 21.8 Å². The molecule has 0 aliphatic heterocycles. The number of aromatic nitrogens is 3. The number of methoxy groups -OCH3 is 1. The minimum Gasteiger partial charge on any atom is -0.497 e. The molecule has 0 spiro atoms. The SMILES string of the molecule is COc1ccc(Cn2cc3c(n2)c(=O)[nH]c2cc(S(C)(=O)=O)ccc23)cc1. The Morgan fingerprint density at radius 1 is 1.11 bits per heavy atom. The number of pyridine rings is 1. The Balaban J connectivity index is 1.82. The van der Waals surface area contributed by atoms with Crippen LogP contribution in [0.15, 0.2) is 58.4 Å². The molecule has 0 bridgehead atoms. The first-order chi connectivity index (χ1) is 12.8. The third-order valence-electron chi connectivity index (χ3n) is 4.44. The van der Waals surface area contributed by atoms with E-state index in [2.05, 4.69) is 10.1 Å². The van der Waals surface area contributed by atoms with Gasteiger partial charge in [-0.1, -0.05) is 18.2 Å². The van der Waals surface area contributed by atoms with E-state index >= 15 is 0 Å². The highest BCUT2D eigenvalue weighted by Crippen LogP contribution is 2.23. The number of hydrogen-bond donors (Lipinski definition) is 1. The van der Waals surface area contributed by atoms with Gasteiger partial charge in [-0.2, -0.15) is 5.10 Å². The summed E-state index contributed by atoms with van der Waals surface area (Å²) in [5.41, 5.74) is 1.46. The number of nitrogens with zero attached hydrogens (tertiary/aromatic N) is 2. The Hall–Kier alpha value is -3.13. The predicted molar refractivity (Wildman–Crippen MR) is 103 cm³/mol. The van der Waals surface area contributed by atoms with E-state index in [0.29, 0.717) is 23.0 Å². The smallest absolute Gasteiger partial charge is 0.276 e. The largest absolute Gasteiger partial charge is 0.497 e. The van der Waals surface area contributed by atoms with Crippen molar-refractivity contribution in [2.24, 2.45) is 0 Å². The number of H-pyrrole nitrogens is 1. The number of benzene rings is 2. The Bertz CT molecular complexity index is 1320. The normalized spacial score (nSPS) is 11.9. The van der Waals surface area contributed by atoms with Gasteiger partial charge in [-0.15, -0.1) is 0 Å². The van der Waals surface area contributed by atoms with Crippen LogP contribution in [-0.2, 0) is 16.4 Å². The van der Waals surface area contributed by atoms with Crippen LogP contribution in [0.3, 0.4) is 0 Å². The van der Waals surface area contributed by atoms with Gasteiger partial charge in [0, 0.05) is 23.2 Å². The maximum absolute atomic E-state index is 12.4. The summed E-state index contributed by atoms with van der Waals surface area (Å²) < 4.78 is 30.4. The molecule has 8 heteroatoms. The minimum atomic E-state index is -3.35. The number of nitrogens with one attached hydrogen (secondary N) is 1. The van der Waals surface area contributed by atoms with Crippen molar-refractivity contribution in [1.82, 2.24) is 14.8 Å². The summed E-state index contributed by atoms with van der Waals surface area (Å²) in [6.07, 6.45) is 2.94. The molecule has 4 aromatic rings. The molecule has 0 fully saturated rings. The Morgan fingerprint density at radius 3 is 2.52 bits per heavy atom. The van der Waals surface area contributed by atoms with Crippen LogP contribution in [0, 0.1) is 0 Å². The van der Waals surface area contributed by atoms with E-state index in [1.807, 2.05) is 24.3 Å². The van der Waals surface area contributed by atoms with Gasteiger partial charge in [-0.25, -0.2) is 8.42 Å². The zero-order valence-electron chi connectivity index (χ0n) is 14.8. The van der Waals surface area contributed by atoms with E-state index in [9.17, 15) is 13.2 Å². The van der Waals surface area contributed by atoms with Gasteiger partial charge in [0.2, 0.25) is 0 Å². The fourth-order valence-electron chi connectivity index (χ4n) is 3.06. The van der Waals surface area contributed by atoms with Crippen molar-refractivity contribution in [3.8, 4) is 5.75 Å². The van der Waals surface area contributed by atoms with Crippen molar-refractivity contribution in [2.75, 3.05) is 13.4 Å². The fourth-order valence-corrected chi connectivity index (χ4v) is 3.71. The highest BCUT2D eigenvalue weighted by Gasteiger charge is 2.13. The van der Waals surface area contributed by atoms with Gasteiger partial charge in [0.25, 0.3) is 5.56 Å². The number of aromatic amines is 1. The molecular formula is C19H17N3O4S. The van der Waals surface area contributed by atoms with E-state index in [1.54, 1.807) is 24.1 Å². The number of hydrogen-bond acceptors (Lipinski definition) is 5. The van der Waals surface area contributed by atoms with Gasteiger partial charge in [-0.3, -0.25) is 9.48 Å². The molecule has 0 radical (unpaired) electrons. The van der Waals surface area contributed by atoms with Crippen LogP contribution in [0.2, 0.25) is 0 Å². The highest BCUT2D eigenvalue weighted by molar-refractivity contribution is 7.90. The summed E-state index contributed by atoms with van der Waals surface area (Å²) in [6.45, 7) is 0.501. The van der Waals surface area contributed by atoms with E-state index in [1.165, 1.54) is 12.1 Å². The topological polar surface area (TPSA) is 94.1 Å². The van der Waals surface area contributed by atoms with E-state index in [0.717, 1.165) is 23.0 Å². The zero-order chi connectivity index (χ0) is 19.2. The second kappa shape index (κ2) is 6.24. The summed E-state index contributed by atoms with van der Waals surface area (Å²) in [6, 6.07) is 12.3. The molecule has 7 nitrogen and oxygen atoms in total. The third-order valence-corrected chi connectivity index (χ3v) is 5.55. The number of rotatable bonds is 4. The monoisotopic (exact) mass is 383 g/mol. The predicted octanol–water partition coefficient (Wildman–Crippen LogP) is 2.34. The van der Waals surface area contributed by atoms with Gasteiger partial charge in [0.1, 0.15) is 5.75 Å². The van der Waals surface area contributed by atoms with Crippen LogP contribution in [0.5, 0.6) is 5.75 Å². The van der Waals surface area contributed by atoms with Crippen molar-refractivity contribution in [1.29, 1.82) is 0 Å². The van der Waals surface area contributed by atoms with Crippen LogP contribution in [-0.4, -0.2) is 36.5 Å². The third kappa shape index (κ3) is 3.19. The minimum absolute atomic E-state index is 0.163. The van der Waals surface area contributed by atoms with E-state index in [-0.39, 0.29) is 10.5 Å². The second-order valence-electron chi connectivity index (χ2n) is 6.37. The molecule has 27 heavy (non-hydrogen) atoms. The van der Waals surface area contributed by atoms with Crippen molar-refractivity contribution in [3.05, 3.63) is 64.6 Å². The molecule has 1 N–H and O–H groups in total. The Morgan fingerprint density at radius 2 is 1.85 bits per heavy atom. The van der Waals surface area contributed by atoms with Crippen LogP contribution >= 0.6 is 0 Å². The van der Waals surface area contributed by atoms with Crippen LogP contribution < -0.4 is 10.3 Å². The van der Waals surface area contributed by atoms with Crippen LogP contribution in [0.1, 0.15) is 5.56 Å². The summed E-state index contributed by atoms with van der Waals surface area (Å²) in [5.74, 6) is 0.772. The Labute approximate surface area is 155 Å². The standard InChI is InChI=1S/C19H17N3O4S/c1-26-13-5-3-12(4-6-13)10-22-11-16-15-8-7-14(27(2,24)25)9-17(15)20-19(23)18(16)21-22/h3-9,11H,10H2,1-2H3,(H,20,23). The van der Waals surface area contributed by atoms with Crippen molar-refractivity contribution >= 4 is 31.6 Å². The van der Waals surface area contributed by atoms with Crippen molar-refractivity contribution < 1.29 is 13.2 Å². The maximum Gasteiger partial charge on any atom is 0.276 e. The number of fused-ring (bicyclic) bond motifs is 3. The summed E-state index contributed by atoms with van der Waals surface area (Å²) in [5, 5.41) is 5.83. The van der Waals surface area contributed by atoms with Gasteiger partial charge in [-0.05, 0) is 29.8 Å². The Kier molecular flexibility index (Phi) is 4.00. The van der Waals surface area contributed by atoms with Gasteiger partial charge >= 0.3 is 0 Å². The number of ether oxygens (including phenoxy) is 1. The lowest BCUT2D eigenvalue weighted by molar-refractivity contribution is 0.414. The van der Waals surface area contributed by atoms with Gasteiger partial charge < -0.3 is 9.72 Å². The summed E-state index contributed by atoms with van der Waals surface area (Å²) in [4.78, 5) is 15.3. The summed E-state index contributed by atoms with van der Waals surface area (Å²) >= 11 is 0. The first-order valence-corrected chi connectivity index (χ1v) is 10.1. The molecule has 0 saturated heterocycles. The molecule has 0 aliphatic carbocycles. The first kappa shape index (κ1) is 17.3. The molecular weight excluding hydrogens is 366 g/mol. The van der Waals surface area contributed by atoms with Crippen molar-refractivity contribution in [3.63, 3.8) is 0 Å². The molecule has 0 amide bonds. The molecule has 0 aliphatic rings. The molecule has 0 unspecified atom stereocenters. The maximum atomic E-state index is 12.4. The van der Waals surface area contributed by atoms with Crippen LogP contribution in [0.4, 0.5) is 0 Å². The lowest BCUT2D eigenvalue weighted by atomic mass is 10.1. The molecule has 4 rings (SSSR count). The molecule has 2 heterocycles. The lowest BCUT2D eigenvalue weighted by Gasteiger charge is -2.03. The molecule has 2 aromatic carbocycles. The van der Waals surface area contributed by atoms with E-state index in [4.69, 9.17) is 4.74 Å².